The second-order valence-electron chi connectivity index (χ2n) is 4.16. The average molecular weight is 245 g/mol. The Bertz CT molecular complexity index is 402. The summed E-state index contributed by atoms with van der Waals surface area (Å²) in [6.45, 7) is 6.89. The fourth-order valence-electron chi connectivity index (χ4n) is 0.867. The lowest BCUT2D eigenvalue weighted by Crippen LogP contribution is -2.26. The molecule has 0 unspecified atom stereocenters. The molecule has 6 heteroatoms. The molecule has 0 fully saturated rings. The van der Waals surface area contributed by atoms with E-state index in [4.69, 9.17) is 21.1 Å². The van der Waals surface area contributed by atoms with Crippen molar-refractivity contribution in [1.29, 1.82) is 0 Å². The molecular formula is C10H13ClN2O3. The van der Waals surface area contributed by atoms with Crippen LogP contribution in [0.2, 0.25) is 5.15 Å². The lowest BCUT2D eigenvalue weighted by atomic mass is 10.2. The molecular weight excluding hydrogens is 232 g/mol. The molecule has 5 nitrogen and oxygen atoms in total. The molecule has 0 aliphatic rings. The zero-order chi connectivity index (χ0) is 12.3. The van der Waals surface area contributed by atoms with Gasteiger partial charge >= 0.3 is 6.16 Å². The molecule has 0 spiro atoms. The molecule has 0 N–H and O–H groups in total. The molecule has 0 atom stereocenters. The number of aromatic nitrogens is 2. The van der Waals surface area contributed by atoms with Gasteiger partial charge in [0.1, 0.15) is 17.1 Å². The van der Waals surface area contributed by atoms with Crippen LogP contribution in [0.5, 0.6) is 5.88 Å². The highest BCUT2D eigenvalue weighted by Crippen LogP contribution is 2.21. The van der Waals surface area contributed by atoms with Crippen molar-refractivity contribution >= 4 is 17.8 Å². The van der Waals surface area contributed by atoms with Crippen molar-refractivity contribution in [3.05, 3.63) is 17.0 Å². The SMILES string of the molecule is Cc1c(Cl)ncnc1OC(=O)OC(C)(C)C. The third-order valence-electron chi connectivity index (χ3n) is 1.55. The van der Waals surface area contributed by atoms with Crippen molar-refractivity contribution in [2.45, 2.75) is 33.3 Å². The first-order chi connectivity index (χ1) is 7.29. The number of hydrogen-bond acceptors (Lipinski definition) is 5. The van der Waals surface area contributed by atoms with Gasteiger partial charge in [0.15, 0.2) is 0 Å². The minimum atomic E-state index is -0.814. The minimum absolute atomic E-state index is 0.106. The molecule has 1 heterocycles. The Morgan fingerprint density at radius 1 is 1.38 bits per heavy atom. The van der Waals surface area contributed by atoms with Gasteiger partial charge in [0.25, 0.3) is 0 Å². The summed E-state index contributed by atoms with van der Waals surface area (Å²) in [6, 6.07) is 0. The molecule has 0 amide bonds. The van der Waals surface area contributed by atoms with Crippen LogP contribution >= 0.6 is 11.6 Å². The maximum atomic E-state index is 11.3. The fourth-order valence-corrected chi connectivity index (χ4v) is 0.991. The van der Waals surface area contributed by atoms with Gasteiger partial charge < -0.3 is 9.47 Å². The smallest absolute Gasteiger partial charge is 0.428 e. The number of halogens is 1. The van der Waals surface area contributed by atoms with Gasteiger partial charge in [-0.25, -0.2) is 14.8 Å². The number of nitrogens with zero attached hydrogens (tertiary/aromatic N) is 2. The highest BCUT2D eigenvalue weighted by molar-refractivity contribution is 6.30. The number of ether oxygens (including phenoxy) is 2. The molecule has 0 saturated heterocycles. The van der Waals surface area contributed by atoms with Crippen LogP contribution in [0.25, 0.3) is 0 Å². The summed E-state index contributed by atoms with van der Waals surface area (Å²) in [5, 5.41) is 0.244. The summed E-state index contributed by atoms with van der Waals surface area (Å²) in [5.74, 6) is 0.106. The number of hydrogen-bond donors (Lipinski definition) is 0. The zero-order valence-electron chi connectivity index (χ0n) is 9.57. The van der Waals surface area contributed by atoms with Crippen LogP contribution in [0.1, 0.15) is 26.3 Å². The summed E-state index contributed by atoms with van der Waals surface area (Å²) in [4.78, 5) is 18.9. The summed E-state index contributed by atoms with van der Waals surface area (Å²) in [5.41, 5.74) is -0.114. The molecule has 1 rings (SSSR count). The Labute approximate surface area is 98.8 Å². The molecule has 0 aromatic carbocycles. The highest BCUT2D eigenvalue weighted by atomic mass is 35.5. The fraction of sp³-hybridized carbons (Fsp3) is 0.500. The second kappa shape index (κ2) is 4.65. The van der Waals surface area contributed by atoms with E-state index in [-0.39, 0.29) is 11.0 Å². The van der Waals surface area contributed by atoms with E-state index in [0.717, 1.165) is 0 Å². The summed E-state index contributed by atoms with van der Waals surface area (Å²) >= 11 is 5.75. The molecule has 88 valence electrons. The van der Waals surface area contributed by atoms with Crippen molar-refractivity contribution in [2.75, 3.05) is 0 Å². The maximum absolute atomic E-state index is 11.3. The van der Waals surface area contributed by atoms with Crippen LogP contribution in [0.15, 0.2) is 6.33 Å². The van der Waals surface area contributed by atoms with Crippen molar-refractivity contribution in [3.8, 4) is 5.88 Å². The lowest BCUT2D eigenvalue weighted by Gasteiger charge is -2.18. The van der Waals surface area contributed by atoms with Gasteiger partial charge in [-0.2, -0.15) is 0 Å². The third kappa shape index (κ3) is 3.66. The Hall–Kier alpha value is -1.36. The van der Waals surface area contributed by atoms with E-state index in [1.807, 2.05) is 0 Å². The predicted octanol–water partition coefficient (Wildman–Crippen LogP) is 2.75. The molecule has 0 radical (unpaired) electrons. The van der Waals surface area contributed by atoms with Gasteiger partial charge in [-0.05, 0) is 27.7 Å². The number of carbonyl (C=O) groups excluding carboxylic acids is 1. The molecule has 1 aromatic heterocycles. The van der Waals surface area contributed by atoms with E-state index in [9.17, 15) is 4.79 Å². The van der Waals surface area contributed by atoms with Crippen LogP contribution in [0, 0.1) is 6.92 Å². The van der Waals surface area contributed by atoms with Crippen LogP contribution in [-0.2, 0) is 4.74 Å². The van der Waals surface area contributed by atoms with Crippen molar-refractivity contribution in [2.24, 2.45) is 0 Å². The molecule has 0 aliphatic heterocycles. The first-order valence-corrected chi connectivity index (χ1v) is 5.05. The van der Waals surface area contributed by atoms with E-state index in [0.29, 0.717) is 5.56 Å². The normalized spacial score (nSPS) is 11.1. The highest BCUT2D eigenvalue weighted by Gasteiger charge is 2.19. The van der Waals surface area contributed by atoms with E-state index in [1.165, 1.54) is 6.33 Å². The minimum Gasteiger partial charge on any atom is -0.428 e. The van der Waals surface area contributed by atoms with Crippen LogP contribution in [-0.4, -0.2) is 21.7 Å². The van der Waals surface area contributed by atoms with Crippen molar-refractivity contribution in [1.82, 2.24) is 9.97 Å². The van der Waals surface area contributed by atoms with Gasteiger partial charge in [0, 0.05) is 5.56 Å². The zero-order valence-corrected chi connectivity index (χ0v) is 10.3. The monoisotopic (exact) mass is 244 g/mol. The molecule has 0 saturated carbocycles. The summed E-state index contributed by atoms with van der Waals surface area (Å²) in [6.07, 6.45) is 0.403. The average Bonchev–Trinajstić information content (AvgIpc) is 2.09. The number of rotatable bonds is 1. The van der Waals surface area contributed by atoms with Gasteiger partial charge in [-0.15, -0.1) is 0 Å². The largest absolute Gasteiger partial charge is 0.515 e. The summed E-state index contributed by atoms with van der Waals surface area (Å²) in [7, 11) is 0. The van der Waals surface area contributed by atoms with E-state index < -0.39 is 11.8 Å². The Morgan fingerprint density at radius 2 is 2.00 bits per heavy atom. The predicted molar refractivity (Wildman–Crippen MR) is 58.6 cm³/mol. The first kappa shape index (κ1) is 12.7. The Morgan fingerprint density at radius 3 is 2.56 bits per heavy atom. The van der Waals surface area contributed by atoms with Crippen LogP contribution < -0.4 is 4.74 Å². The van der Waals surface area contributed by atoms with E-state index in [1.54, 1.807) is 27.7 Å². The molecule has 1 aromatic rings. The quantitative estimate of drug-likeness (QED) is 0.562. The van der Waals surface area contributed by atoms with Crippen molar-refractivity contribution < 1.29 is 14.3 Å². The number of carbonyl (C=O) groups is 1. The van der Waals surface area contributed by atoms with Crippen LogP contribution in [0.3, 0.4) is 0 Å². The van der Waals surface area contributed by atoms with Gasteiger partial charge in [-0.3, -0.25) is 0 Å². The van der Waals surface area contributed by atoms with Gasteiger partial charge in [-0.1, -0.05) is 11.6 Å². The van der Waals surface area contributed by atoms with Gasteiger partial charge in [0.05, 0.1) is 0 Å². The Kier molecular flexibility index (Phi) is 3.70. The second-order valence-corrected chi connectivity index (χ2v) is 4.52. The standard InChI is InChI=1S/C10H13ClN2O3/c1-6-7(11)12-5-13-8(6)15-9(14)16-10(2,3)4/h5H,1-4H3. The molecule has 16 heavy (non-hydrogen) atoms. The third-order valence-corrected chi connectivity index (χ3v) is 1.93. The topological polar surface area (TPSA) is 61.3 Å². The first-order valence-electron chi connectivity index (χ1n) is 4.67. The van der Waals surface area contributed by atoms with E-state index >= 15 is 0 Å². The molecule has 0 aliphatic carbocycles. The van der Waals surface area contributed by atoms with Crippen molar-refractivity contribution in [3.63, 3.8) is 0 Å². The van der Waals surface area contributed by atoms with E-state index in [2.05, 4.69) is 9.97 Å². The van der Waals surface area contributed by atoms with Crippen LogP contribution in [0.4, 0.5) is 4.79 Å². The summed E-state index contributed by atoms with van der Waals surface area (Å²) < 4.78 is 9.88. The lowest BCUT2D eigenvalue weighted by molar-refractivity contribution is 0.0195. The van der Waals surface area contributed by atoms with Gasteiger partial charge in [0.2, 0.25) is 5.88 Å². The maximum Gasteiger partial charge on any atom is 0.515 e. The Balaban J connectivity index is 2.74. The molecule has 0 bridgehead atoms.